The molecule has 1 heterocycles. The molecule has 2 N–H and O–H groups in total. The van der Waals surface area contributed by atoms with E-state index in [2.05, 4.69) is 10.2 Å². The molecule has 20 heavy (non-hydrogen) atoms. The summed E-state index contributed by atoms with van der Waals surface area (Å²) < 4.78 is 4.99. The van der Waals surface area contributed by atoms with E-state index in [1.165, 1.54) is 38.5 Å². The van der Waals surface area contributed by atoms with Gasteiger partial charge in [0, 0.05) is 25.7 Å². The van der Waals surface area contributed by atoms with Gasteiger partial charge in [0.2, 0.25) is 0 Å². The Balaban J connectivity index is 1.36. The van der Waals surface area contributed by atoms with Gasteiger partial charge in [0.25, 0.3) is 0 Å². The minimum atomic E-state index is -0.338. The summed E-state index contributed by atoms with van der Waals surface area (Å²) in [6.07, 6.45) is 7.98. The van der Waals surface area contributed by atoms with E-state index in [1.54, 1.807) is 7.11 Å². The van der Waals surface area contributed by atoms with Gasteiger partial charge in [0.1, 0.15) is 0 Å². The highest BCUT2D eigenvalue weighted by Crippen LogP contribution is 2.44. The highest BCUT2D eigenvalue weighted by molar-refractivity contribution is 4.96. The van der Waals surface area contributed by atoms with Crippen molar-refractivity contribution in [2.75, 3.05) is 33.4 Å². The van der Waals surface area contributed by atoms with Crippen LogP contribution in [0, 0.1) is 11.8 Å². The SMILES string of the molecule is COCC(O)CN1CCC(NC2CC3CCC2C3)CC1. The largest absolute Gasteiger partial charge is 0.389 e. The Kier molecular flexibility index (Phi) is 4.97. The highest BCUT2D eigenvalue weighted by atomic mass is 16.5. The third-order valence-corrected chi connectivity index (χ3v) is 5.60. The van der Waals surface area contributed by atoms with E-state index in [0.717, 1.165) is 37.5 Å². The van der Waals surface area contributed by atoms with Gasteiger partial charge in [-0.2, -0.15) is 0 Å². The number of methoxy groups -OCH3 is 1. The number of aliphatic hydroxyl groups is 1. The molecule has 4 unspecified atom stereocenters. The van der Waals surface area contributed by atoms with Crippen LogP contribution in [-0.2, 0) is 4.74 Å². The second-order valence-corrected chi connectivity index (χ2v) is 7.13. The molecule has 0 spiro atoms. The van der Waals surface area contributed by atoms with Crippen LogP contribution >= 0.6 is 0 Å². The lowest BCUT2D eigenvalue weighted by molar-refractivity contribution is 0.0304. The van der Waals surface area contributed by atoms with Gasteiger partial charge < -0.3 is 20.1 Å². The molecule has 1 saturated heterocycles. The van der Waals surface area contributed by atoms with Crippen LogP contribution in [0.4, 0.5) is 0 Å². The Morgan fingerprint density at radius 1 is 1.20 bits per heavy atom. The van der Waals surface area contributed by atoms with E-state index in [1.807, 2.05) is 0 Å². The molecule has 2 saturated carbocycles. The Morgan fingerprint density at radius 2 is 2.00 bits per heavy atom. The Bertz CT molecular complexity index is 305. The normalized spacial score (nSPS) is 36.6. The third kappa shape index (κ3) is 3.53. The Labute approximate surface area is 122 Å². The van der Waals surface area contributed by atoms with Crippen LogP contribution in [0.2, 0.25) is 0 Å². The molecule has 1 aliphatic heterocycles. The fourth-order valence-corrected chi connectivity index (χ4v) is 4.58. The minimum Gasteiger partial charge on any atom is -0.389 e. The number of nitrogens with zero attached hydrogens (tertiary/aromatic N) is 1. The lowest BCUT2D eigenvalue weighted by Gasteiger charge is -2.36. The van der Waals surface area contributed by atoms with Crippen molar-refractivity contribution in [3.8, 4) is 0 Å². The van der Waals surface area contributed by atoms with Gasteiger partial charge in [-0.25, -0.2) is 0 Å². The van der Waals surface area contributed by atoms with Crippen molar-refractivity contribution < 1.29 is 9.84 Å². The quantitative estimate of drug-likeness (QED) is 0.769. The first-order chi connectivity index (χ1) is 9.74. The number of likely N-dealkylation sites (tertiary alicyclic amines) is 1. The van der Waals surface area contributed by atoms with Gasteiger partial charge >= 0.3 is 0 Å². The Morgan fingerprint density at radius 3 is 2.60 bits per heavy atom. The molecule has 3 aliphatic rings. The monoisotopic (exact) mass is 282 g/mol. The fourth-order valence-electron chi connectivity index (χ4n) is 4.58. The molecular weight excluding hydrogens is 252 g/mol. The maximum atomic E-state index is 9.79. The molecule has 0 radical (unpaired) electrons. The topological polar surface area (TPSA) is 44.7 Å². The summed E-state index contributed by atoms with van der Waals surface area (Å²) in [4.78, 5) is 2.38. The second kappa shape index (κ2) is 6.73. The number of hydrogen-bond acceptors (Lipinski definition) is 4. The van der Waals surface area contributed by atoms with E-state index in [9.17, 15) is 5.11 Å². The number of hydrogen-bond donors (Lipinski definition) is 2. The lowest BCUT2D eigenvalue weighted by atomic mass is 9.93. The van der Waals surface area contributed by atoms with Crippen molar-refractivity contribution in [1.82, 2.24) is 10.2 Å². The molecule has 0 aromatic rings. The molecule has 2 bridgehead atoms. The number of fused-ring (bicyclic) bond motifs is 2. The van der Waals surface area contributed by atoms with Gasteiger partial charge in [-0.05, 0) is 57.0 Å². The van der Waals surface area contributed by atoms with E-state index >= 15 is 0 Å². The van der Waals surface area contributed by atoms with E-state index in [-0.39, 0.29) is 6.10 Å². The predicted octanol–water partition coefficient (Wildman–Crippen LogP) is 1.24. The van der Waals surface area contributed by atoms with Crippen LogP contribution in [0.15, 0.2) is 0 Å². The maximum absolute atomic E-state index is 9.79. The van der Waals surface area contributed by atoms with Crippen LogP contribution in [0.1, 0.15) is 38.5 Å². The molecule has 0 aromatic heterocycles. The van der Waals surface area contributed by atoms with Crippen LogP contribution in [-0.4, -0.2) is 61.5 Å². The molecule has 4 nitrogen and oxygen atoms in total. The number of aliphatic hydroxyl groups excluding tert-OH is 1. The zero-order valence-corrected chi connectivity index (χ0v) is 12.8. The Hall–Kier alpha value is -0.160. The molecule has 0 amide bonds. The predicted molar refractivity (Wildman–Crippen MR) is 79.7 cm³/mol. The van der Waals surface area contributed by atoms with Crippen molar-refractivity contribution in [3.63, 3.8) is 0 Å². The molecule has 3 fully saturated rings. The summed E-state index contributed by atoms with van der Waals surface area (Å²) in [7, 11) is 1.65. The molecule has 4 atom stereocenters. The van der Waals surface area contributed by atoms with Crippen LogP contribution in [0.3, 0.4) is 0 Å². The van der Waals surface area contributed by atoms with Crippen LogP contribution < -0.4 is 5.32 Å². The average molecular weight is 282 g/mol. The van der Waals surface area contributed by atoms with Crippen molar-refractivity contribution >= 4 is 0 Å². The summed E-state index contributed by atoms with van der Waals surface area (Å²) in [5.41, 5.74) is 0. The van der Waals surface area contributed by atoms with Gasteiger partial charge in [0.15, 0.2) is 0 Å². The summed E-state index contributed by atoms with van der Waals surface area (Å²) >= 11 is 0. The molecule has 116 valence electrons. The number of nitrogens with one attached hydrogen (secondary N) is 1. The number of piperidine rings is 1. The van der Waals surface area contributed by atoms with Crippen molar-refractivity contribution in [2.45, 2.75) is 56.7 Å². The van der Waals surface area contributed by atoms with Gasteiger partial charge in [-0.1, -0.05) is 6.42 Å². The van der Waals surface area contributed by atoms with Crippen LogP contribution in [0.5, 0.6) is 0 Å². The molecule has 0 aromatic carbocycles. The summed E-state index contributed by atoms with van der Waals surface area (Å²) in [5.74, 6) is 2.00. The van der Waals surface area contributed by atoms with Crippen molar-refractivity contribution in [1.29, 1.82) is 0 Å². The van der Waals surface area contributed by atoms with Gasteiger partial charge in [-0.15, -0.1) is 0 Å². The first-order valence-electron chi connectivity index (χ1n) is 8.40. The standard InChI is InChI=1S/C16H30N2O2/c1-20-11-15(19)10-18-6-4-14(5-7-18)17-16-9-12-2-3-13(16)8-12/h12-17,19H,2-11H2,1H3. The fraction of sp³-hybridized carbons (Fsp3) is 1.00. The average Bonchev–Trinajstić information content (AvgIpc) is 3.04. The lowest BCUT2D eigenvalue weighted by Crippen LogP contribution is -2.49. The zero-order chi connectivity index (χ0) is 13.9. The van der Waals surface area contributed by atoms with E-state index < -0.39 is 0 Å². The number of rotatable bonds is 6. The smallest absolute Gasteiger partial charge is 0.0900 e. The second-order valence-electron chi connectivity index (χ2n) is 7.13. The van der Waals surface area contributed by atoms with Gasteiger partial charge in [0.05, 0.1) is 12.7 Å². The van der Waals surface area contributed by atoms with Gasteiger partial charge in [-0.3, -0.25) is 0 Å². The zero-order valence-electron chi connectivity index (χ0n) is 12.8. The molecule has 3 rings (SSSR count). The van der Waals surface area contributed by atoms with Crippen molar-refractivity contribution in [2.24, 2.45) is 11.8 Å². The molecular formula is C16H30N2O2. The van der Waals surface area contributed by atoms with Crippen molar-refractivity contribution in [3.05, 3.63) is 0 Å². The van der Waals surface area contributed by atoms with E-state index in [4.69, 9.17) is 4.74 Å². The number of ether oxygens (including phenoxy) is 1. The third-order valence-electron chi connectivity index (χ3n) is 5.60. The summed E-state index contributed by atoms with van der Waals surface area (Å²) in [5, 5.41) is 13.7. The summed E-state index contributed by atoms with van der Waals surface area (Å²) in [6.45, 7) is 3.43. The first-order valence-corrected chi connectivity index (χ1v) is 8.40. The first kappa shape index (κ1) is 14.8. The van der Waals surface area contributed by atoms with Crippen LogP contribution in [0.25, 0.3) is 0 Å². The van der Waals surface area contributed by atoms with E-state index in [0.29, 0.717) is 12.6 Å². The number of β-amino-alcohol motifs (C(OH)–C–C–N with tert-alkyl or cyclic N) is 1. The summed E-state index contributed by atoms with van der Waals surface area (Å²) in [6, 6.07) is 1.51. The molecule has 4 heteroatoms. The maximum Gasteiger partial charge on any atom is 0.0900 e. The highest BCUT2D eigenvalue weighted by Gasteiger charge is 2.40. The minimum absolute atomic E-state index is 0.338. The molecule has 2 aliphatic carbocycles.